The van der Waals surface area contributed by atoms with E-state index in [1.54, 1.807) is 0 Å². The molecule has 5 rings (SSSR count). The van der Waals surface area contributed by atoms with E-state index < -0.39 is 0 Å². The first-order valence-corrected chi connectivity index (χ1v) is 11.2. The van der Waals surface area contributed by atoms with Crippen molar-refractivity contribution in [3.8, 4) is 5.75 Å². The predicted octanol–water partition coefficient (Wildman–Crippen LogP) is 5.66. The van der Waals surface area contributed by atoms with Crippen LogP contribution in [0.5, 0.6) is 5.75 Å². The van der Waals surface area contributed by atoms with Crippen LogP contribution < -0.4 is 9.64 Å². The number of benzene rings is 3. The van der Waals surface area contributed by atoms with E-state index in [9.17, 15) is 4.79 Å². The number of rotatable bonds is 6. The molecule has 0 N–H and O–H groups in total. The number of carbonyl (C=O) groups is 1. The van der Waals surface area contributed by atoms with Crippen LogP contribution in [0, 0.1) is 0 Å². The number of carbonyl (C=O) groups excluding carboxylic acids is 1. The van der Waals surface area contributed by atoms with Gasteiger partial charge in [0.25, 0.3) is 0 Å². The Labute approximate surface area is 192 Å². The number of nitrogens with zero attached hydrogens (tertiary/aromatic N) is 3. The summed E-state index contributed by atoms with van der Waals surface area (Å²) in [6.07, 6.45) is 0.421. The van der Waals surface area contributed by atoms with Gasteiger partial charge in [0.15, 0.2) is 0 Å². The Balaban J connectivity index is 1.51. The Hall–Kier alpha value is -3.31. The molecular weight excluding hydrogens is 422 g/mol. The molecule has 2 heterocycles. The van der Waals surface area contributed by atoms with Crippen molar-refractivity contribution in [3.05, 3.63) is 89.2 Å². The van der Waals surface area contributed by atoms with Crippen LogP contribution in [0.25, 0.3) is 11.0 Å². The van der Waals surface area contributed by atoms with Crippen molar-refractivity contribution in [2.24, 2.45) is 0 Å². The number of imidazole rings is 1. The monoisotopic (exact) mass is 445 g/mol. The first-order valence-electron chi connectivity index (χ1n) is 10.9. The van der Waals surface area contributed by atoms with Crippen molar-refractivity contribution < 1.29 is 9.53 Å². The third-order valence-electron chi connectivity index (χ3n) is 5.88. The number of fused-ring (bicyclic) bond motifs is 1. The molecule has 162 valence electrons. The van der Waals surface area contributed by atoms with Crippen LogP contribution in [-0.2, 0) is 11.3 Å². The lowest BCUT2D eigenvalue weighted by molar-refractivity contribution is -0.117. The van der Waals surface area contributed by atoms with Crippen molar-refractivity contribution in [2.45, 2.75) is 25.8 Å². The lowest BCUT2D eigenvalue weighted by Crippen LogP contribution is -2.25. The van der Waals surface area contributed by atoms with Crippen molar-refractivity contribution >= 4 is 34.2 Å². The Morgan fingerprint density at radius 3 is 2.59 bits per heavy atom. The summed E-state index contributed by atoms with van der Waals surface area (Å²) in [5.74, 6) is 1.76. The standard InChI is InChI=1S/C26H24ClN3O2/c1-2-32-24-10-6-5-9-23(24)29-17-19(15-25(29)31)26-28-21-7-3-4-8-22(21)30(26)16-18-11-13-20(27)14-12-18/h3-14,19H,2,15-17H2,1H3/t19-/m1/s1. The SMILES string of the molecule is CCOc1ccccc1N1C[C@H](c2nc3ccccc3n2Cc2ccc(Cl)cc2)CC1=O. The average Bonchev–Trinajstić information content (AvgIpc) is 3.36. The first kappa shape index (κ1) is 20.6. The molecule has 1 atom stereocenters. The molecule has 32 heavy (non-hydrogen) atoms. The minimum atomic E-state index is -0.00289. The summed E-state index contributed by atoms with van der Waals surface area (Å²) in [4.78, 5) is 19.8. The van der Waals surface area contributed by atoms with Gasteiger partial charge in [-0.1, -0.05) is 48.0 Å². The van der Waals surface area contributed by atoms with Gasteiger partial charge in [-0.25, -0.2) is 4.98 Å². The van der Waals surface area contributed by atoms with Gasteiger partial charge in [-0.2, -0.15) is 0 Å². The number of para-hydroxylation sites is 4. The van der Waals surface area contributed by atoms with E-state index in [-0.39, 0.29) is 11.8 Å². The molecule has 3 aromatic carbocycles. The first-order chi connectivity index (χ1) is 15.6. The molecule has 4 aromatic rings. The normalized spacial score (nSPS) is 16.1. The Morgan fingerprint density at radius 2 is 1.78 bits per heavy atom. The molecule has 0 saturated carbocycles. The van der Waals surface area contributed by atoms with E-state index in [1.807, 2.05) is 78.6 Å². The van der Waals surface area contributed by atoms with E-state index in [0.717, 1.165) is 38.9 Å². The number of ether oxygens (including phenoxy) is 1. The minimum absolute atomic E-state index is 0.00289. The van der Waals surface area contributed by atoms with Gasteiger partial charge in [0.05, 0.1) is 23.3 Å². The summed E-state index contributed by atoms with van der Waals surface area (Å²) >= 11 is 6.08. The van der Waals surface area contributed by atoms with Gasteiger partial charge in [0, 0.05) is 30.5 Å². The maximum absolute atomic E-state index is 13.1. The number of anilines is 1. The number of aromatic nitrogens is 2. The molecule has 1 aliphatic heterocycles. The molecule has 6 heteroatoms. The van der Waals surface area contributed by atoms with Gasteiger partial charge in [-0.05, 0) is 48.9 Å². The van der Waals surface area contributed by atoms with Crippen molar-refractivity contribution in [2.75, 3.05) is 18.1 Å². The number of hydrogen-bond acceptors (Lipinski definition) is 3. The van der Waals surface area contributed by atoms with Crippen LogP contribution in [-0.4, -0.2) is 28.6 Å². The highest BCUT2D eigenvalue weighted by molar-refractivity contribution is 6.30. The van der Waals surface area contributed by atoms with Gasteiger partial charge in [0.1, 0.15) is 11.6 Å². The third-order valence-corrected chi connectivity index (χ3v) is 6.14. The number of halogens is 1. The molecule has 0 aliphatic carbocycles. The Morgan fingerprint density at radius 1 is 1.03 bits per heavy atom. The van der Waals surface area contributed by atoms with Crippen molar-refractivity contribution in [1.29, 1.82) is 0 Å². The fourth-order valence-electron chi connectivity index (χ4n) is 4.42. The van der Waals surface area contributed by atoms with Crippen LogP contribution in [0.3, 0.4) is 0 Å². The van der Waals surface area contributed by atoms with E-state index >= 15 is 0 Å². The van der Waals surface area contributed by atoms with E-state index in [0.29, 0.717) is 26.1 Å². The molecule has 5 nitrogen and oxygen atoms in total. The van der Waals surface area contributed by atoms with Gasteiger partial charge in [-0.3, -0.25) is 4.79 Å². The van der Waals surface area contributed by atoms with Gasteiger partial charge < -0.3 is 14.2 Å². The zero-order valence-electron chi connectivity index (χ0n) is 17.9. The largest absolute Gasteiger partial charge is 0.492 e. The van der Waals surface area contributed by atoms with Crippen LogP contribution in [0.4, 0.5) is 5.69 Å². The molecule has 1 amide bonds. The number of amides is 1. The summed E-state index contributed by atoms with van der Waals surface area (Å²) in [5.41, 5.74) is 3.97. The van der Waals surface area contributed by atoms with Crippen LogP contribution >= 0.6 is 11.6 Å². The summed E-state index contributed by atoms with van der Waals surface area (Å²) in [6, 6.07) is 23.7. The fourth-order valence-corrected chi connectivity index (χ4v) is 4.54. The third kappa shape index (κ3) is 3.84. The average molecular weight is 446 g/mol. The maximum Gasteiger partial charge on any atom is 0.227 e. The second-order valence-electron chi connectivity index (χ2n) is 7.98. The van der Waals surface area contributed by atoms with Gasteiger partial charge in [0.2, 0.25) is 5.91 Å². The molecule has 0 unspecified atom stereocenters. The van der Waals surface area contributed by atoms with Crippen molar-refractivity contribution in [3.63, 3.8) is 0 Å². The summed E-state index contributed by atoms with van der Waals surface area (Å²) in [7, 11) is 0. The molecule has 1 aromatic heterocycles. The number of hydrogen-bond donors (Lipinski definition) is 0. The topological polar surface area (TPSA) is 47.4 Å². The van der Waals surface area contributed by atoms with E-state index in [2.05, 4.69) is 10.6 Å². The lowest BCUT2D eigenvalue weighted by Gasteiger charge is -2.20. The Kier molecular flexibility index (Phi) is 5.58. The maximum atomic E-state index is 13.1. The second kappa shape index (κ2) is 8.67. The zero-order valence-corrected chi connectivity index (χ0v) is 18.6. The summed E-state index contributed by atoms with van der Waals surface area (Å²) in [6.45, 7) is 3.75. The van der Waals surface area contributed by atoms with E-state index in [1.165, 1.54) is 0 Å². The van der Waals surface area contributed by atoms with Crippen LogP contribution in [0.1, 0.15) is 30.7 Å². The highest BCUT2D eigenvalue weighted by atomic mass is 35.5. The predicted molar refractivity (Wildman–Crippen MR) is 128 cm³/mol. The Bertz CT molecular complexity index is 1270. The van der Waals surface area contributed by atoms with Crippen LogP contribution in [0.2, 0.25) is 5.02 Å². The second-order valence-corrected chi connectivity index (χ2v) is 8.41. The van der Waals surface area contributed by atoms with E-state index in [4.69, 9.17) is 21.3 Å². The molecule has 0 spiro atoms. The van der Waals surface area contributed by atoms with Crippen molar-refractivity contribution in [1.82, 2.24) is 9.55 Å². The summed E-state index contributed by atoms with van der Waals surface area (Å²) in [5, 5.41) is 0.717. The van der Waals surface area contributed by atoms with Gasteiger partial charge in [-0.15, -0.1) is 0 Å². The zero-order chi connectivity index (χ0) is 22.1. The smallest absolute Gasteiger partial charge is 0.227 e. The quantitative estimate of drug-likeness (QED) is 0.385. The molecule has 1 aliphatic rings. The van der Waals surface area contributed by atoms with Gasteiger partial charge >= 0.3 is 0 Å². The minimum Gasteiger partial charge on any atom is -0.492 e. The molecule has 0 radical (unpaired) electrons. The fraction of sp³-hybridized carbons (Fsp3) is 0.231. The lowest BCUT2D eigenvalue weighted by atomic mass is 10.1. The highest BCUT2D eigenvalue weighted by Gasteiger charge is 2.36. The molecule has 1 fully saturated rings. The highest BCUT2D eigenvalue weighted by Crippen LogP contribution is 2.37. The molecule has 1 saturated heterocycles. The summed E-state index contributed by atoms with van der Waals surface area (Å²) < 4.78 is 8.00. The molecule has 0 bridgehead atoms. The molecular formula is C26H24ClN3O2. The van der Waals surface area contributed by atoms with Crippen LogP contribution in [0.15, 0.2) is 72.8 Å².